The van der Waals surface area contributed by atoms with Gasteiger partial charge in [0.05, 0.1) is 30.5 Å². The monoisotopic (exact) mass is 422 g/mol. The van der Waals surface area contributed by atoms with Gasteiger partial charge in [-0.15, -0.1) is 0 Å². The molecule has 4 nitrogen and oxygen atoms in total. The van der Waals surface area contributed by atoms with Crippen molar-refractivity contribution < 1.29 is 18.7 Å². The summed E-state index contributed by atoms with van der Waals surface area (Å²) in [5.41, 5.74) is 1.17. The average molecular weight is 423 g/mol. The maximum absolute atomic E-state index is 13.1. The highest BCUT2D eigenvalue weighted by atomic mass is 28.4. The Morgan fingerprint density at radius 1 is 1.24 bits per heavy atom. The van der Waals surface area contributed by atoms with Crippen molar-refractivity contribution in [3.05, 3.63) is 11.3 Å². The zero-order valence-electron chi connectivity index (χ0n) is 20.1. The van der Waals surface area contributed by atoms with Crippen LogP contribution in [0.25, 0.3) is 0 Å². The minimum atomic E-state index is -2.02. The second-order valence-electron chi connectivity index (χ2n) is 11.8. The van der Waals surface area contributed by atoms with Crippen LogP contribution in [-0.4, -0.2) is 33.1 Å². The van der Waals surface area contributed by atoms with Crippen molar-refractivity contribution in [3.63, 3.8) is 0 Å². The third-order valence-corrected chi connectivity index (χ3v) is 12.9. The Hall–Kier alpha value is -0.813. The van der Waals surface area contributed by atoms with Crippen molar-refractivity contribution in [2.45, 2.75) is 97.9 Å². The lowest BCUT2D eigenvalue weighted by atomic mass is 9.57. The first-order chi connectivity index (χ1) is 13.2. The van der Waals surface area contributed by atoms with Crippen LogP contribution in [0.5, 0.6) is 0 Å². The summed E-state index contributed by atoms with van der Waals surface area (Å²) >= 11 is 0. The summed E-state index contributed by atoms with van der Waals surface area (Å²) in [5.74, 6) is 1.79. The van der Waals surface area contributed by atoms with Gasteiger partial charge in [-0.3, -0.25) is 4.79 Å². The van der Waals surface area contributed by atoms with Gasteiger partial charge in [0.25, 0.3) is 0 Å². The van der Waals surface area contributed by atoms with Gasteiger partial charge in [0, 0.05) is 6.42 Å². The van der Waals surface area contributed by atoms with E-state index in [-0.39, 0.29) is 27.9 Å². The van der Waals surface area contributed by atoms with E-state index in [1.54, 1.807) is 0 Å². The fraction of sp³-hybridized carbons (Fsp3) is 0.875. The molecule has 3 rings (SSSR count). The summed E-state index contributed by atoms with van der Waals surface area (Å²) in [6.07, 6.45) is 3.84. The molecule has 0 aromatic heterocycles. The van der Waals surface area contributed by atoms with E-state index >= 15 is 0 Å². The van der Waals surface area contributed by atoms with Crippen LogP contribution in [0.4, 0.5) is 0 Å². The molecule has 0 aromatic carbocycles. The summed E-state index contributed by atoms with van der Waals surface area (Å²) in [7, 11) is -2.02. The number of carbonyl (C=O) groups is 1. The summed E-state index contributed by atoms with van der Waals surface area (Å²) in [4.78, 5) is 13.1. The number of hydrogen-bond donors (Lipinski definition) is 0. The van der Waals surface area contributed by atoms with Gasteiger partial charge < -0.3 is 13.9 Å². The predicted molar refractivity (Wildman–Crippen MR) is 119 cm³/mol. The minimum Gasteiger partial charge on any atom is -0.546 e. The Morgan fingerprint density at radius 2 is 1.90 bits per heavy atom. The van der Waals surface area contributed by atoms with Gasteiger partial charge in [-0.2, -0.15) is 0 Å². The molecule has 2 fully saturated rings. The molecule has 0 amide bonds. The maximum atomic E-state index is 13.1. The van der Waals surface area contributed by atoms with Crippen molar-refractivity contribution >= 4 is 14.3 Å². The van der Waals surface area contributed by atoms with Crippen molar-refractivity contribution in [3.8, 4) is 0 Å². The normalized spacial score (nSPS) is 34.4. The van der Waals surface area contributed by atoms with Gasteiger partial charge in [0.15, 0.2) is 0 Å². The molecule has 0 radical (unpaired) electrons. The first-order valence-electron chi connectivity index (χ1n) is 11.4. The van der Waals surface area contributed by atoms with Crippen molar-refractivity contribution in [2.24, 2.45) is 23.2 Å². The third-order valence-electron chi connectivity index (χ3n) is 8.48. The highest BCUT2D eigenvalue weighted by molar-refractivity contribution is 6.74. The lowest BCUT2D eigenvalue weighted by Crippen LogP contribution is -2.50. The summed E-state index contributed by atoms with van der Waals surface area (Å²) < 4.78 is 18.9. The molecular weight excluding hydrogens is 380 g/mol. The molecule has 5 heteroatoms. The number of rotatable bonds is 4. The highest BCUT2D eigenvalue weighted by Crippen LogP contribution is 2.59. The zero-order valence-corrected chi connectivity index (χ0v) is 21.1. The molecule has 3 aliphatic rings. The second kappa shape index (κ2) is 7.40. The number of allylic oxidation sites excluding steroid dienone is 1. The summed E-state index contributed by atoms with van der Waals surface area (Å²) in [6.45, 7) is 21.1. The SMILES string of the molecule is CCOC(=O)[C@@H]1CC(O[Si](C)(C)C(C)(C)C)=C2COC(C)(C)C3CC[C@@]1(C)CC23. The molecule has 0 N–H and O–H groups in total. The summed E-state index contributed by atoms with van der Waals surface area (Å²) in [5, 5.41) is 0.111. The van der Waals surface area contributed by atoms with Crippen LogP contribution in [-0.2, 0) is 18.7 Å². The van der Waals surface area contributed by atoms with Crippen LogP contribution in [0.1, 0.15) is 74.1 Å². The molecule has 4 atom stereocenters. The fourth-order valence-electron chi connectivity index (χ4n) is 5.45. The molecule has 0 spiro atoms. The van der Waals surface area contributed by atoms with Crippen LogP contribution >= 0.6 is 0 Å². The molecule has 1 saturated heterocycles. The molecule has 29 heavy (non-hydrogen) atoms. The Kier molecular flexibility index (Phi) is 5.84. The third kappa shape index (κ3) is 4.06. The Morgan fingerprint density at radius 3 is 2.48 bits per heavy atom. The van der Waals surface area contributed by atoms with E-state index in [9.17, 15) is 4.79 Å². The molecule has 1 aliphatic heterocycles. The van der Waals surface area contributed by atoms with E-state index in [1.807, 2.05) is 6.92 Å². The molecule has 166 valence electrons. The standard InChI is InChI=1S/C24H42O4Si/c1-10-26-21(25)19-13-20(28-29(8,9)22(2,3)4)17-15-27-23(5,6)18-11-12-24(19,7)14-16(17)18/h16,18-19H,10-15H2,1-9H3/t16?,18?,19-,24-/m0/s1. The van der Waals surface area contributed by atoms with E-state index < -0.39 is 8.32 Å². The lowest BCUT2D eigenvalue weighted by molar-refractivity contribution is -0.157. The number of esters is 1. The van der Waals surface area contributed by atoms with Gasteiger partial charge in [0.2, 0.25) is 8.32 Å². The van der Waals surface area contributed by atoms with Crippen molar-refractivity contribution in [2.75, 3.05) is 13.2 Å². The fourth-order valence-corrected chi connectivity index (χ4v) is 6.59. The Labute approximate surface area is 178 Å². The van der Waals surface area contributed by atoms with Crippen molar-refractivity contribution in [1.82, 2.24) is 0 Å². The quantitative estimate of drug-likeness (QED) is 0.407. The predicted octanol–water partition coefficient (Wildman–Crippen LogP) is 6.08. The van der Waals surface area contributed by atoms with Gasteiger partial charge in [-0.1, -0.05) is 27.7 Å². The van der Waals surface area contributed by atoms with Gasteiger partial charge in [-0.25, -0.2) is 0 Å². The molecule has 2 unspecified atom stereocenters. The maximum Gasteiger partial charge on any atom is 0.309 e. The first kappa shape index (κ1) is 22.9. The van der Waals surface area contributed by atoms with E-state index in [2.05, 4.69) is 54.6 Å². The number of ether oxygens (including phenoxy) is 2. The van der Waals surface area contributed by atoms with Gasteiger partial charge in [0.1, 0.15) is 0 Å². The topological polar surface area (TPSA) is 44.8 Å². The van der Waals surface area contributed by atoms with Crippen LogP contribution in [0.2, 0.25) is 18.1 Å². The smallest absolute Gasteiger partial charge is 0.309 e. The lowest BCUT2D eigenvalue weighted by Gasteiger charge is -2.52. The van der Waals surface area contributed by atoms with E-state index in [0.717, 1.165) is 25.0 Å². The van der Waals surface area contributed by atoms with Gasteiger partial charge >= 0.3 is 5.97 Å². The first-order valence-corrected chi connectivity index (χ1v) is 14.3. The largest absolute Gasteiger partial charge is 0.546 e. The van der Waals surface area contributed by atoms with E-state index in [0.29, 0.717) is 31.5 Å². The highest BCUT2D eigenvalue weighted by Gasteiger charge is 2.56. The minimum absolute atomic E-state index is 0.0371. The van der Waals surface area contributed by atoms with Crippen LogP contribution in [0, 0.1) is 23.2 Å². The number of hydrogen-bond acceptors (Lipinski definition) is 4. The zero-order chi connectivity index (χ0) is 21.8. The van der Waals surface area contributed by atoms with E-state index in [4.69, 9.17) is 13.9 Å². The molecule has 1 saturated carbocycles. The van der Waals surface area contributed by atoms with Crippen LogP contribution < -0.4 is 0 Å². The number of fused-ring (bicyclic) bond motifs is 1. The number of carbonyl (C=O) groups excluding carboxylic acids is 1. The average Bonchev–Trinajstić information content (AvgIpc) is 2.66. The second-order valence-corrected chi connectivity index (χ2v) is 16.5. The van der Waals surface area contributed by atoms with Crippen LogP contribution in [0.3, 0.4) is 0 Å². The van der Waals surface area contributed by atoms with Crippen LogP contribution in [0.15, 0.2) is 11.3 Å². The molecule has 1 heterocycles. The molecule has 2 bridgehead atoms. The van der Waals surface area contributed by atoms with Gasteiger partial charge in [-0.05, 0) is 81.0 Å². The summed E-state index contributed by atoms with van der Waals surface area (Å²) in [6, 6.07) is 0. The molecule has 2 aliphatic carbocycles. The Balaban J connectivity index is 2.07. The van der Waals surface area contributed by atoms with Crippen molar-refractivity contribution in [1.29, 1.82) is 0 Å². The Bertz CT molecular complexity index is 687. The molecular formula is C24H42O4Si. The molecule has 0 aromatic rings. The van der Waals surface area contributed by atoms with E-state index in [1.165, 1.54) is 5.57 Å².